The largest absolute Gasteiger partial charge is 0.432 e. The Balaban J connectivity index is 1.90. The zero-order valence-corrected chi connectivity index (χ0v) is 11.6. The molecule has 1 aromatic carbocycles. The molecule has 0 aliphatic carbocycles. The Morgan fingerprint density at radius 1 is 1.39 bits per heavy atom. The molecule has 0 saturated carbocycles. The van der Waals surface area contributed by atoms with Crippen LogP contribution in [0.4, 0.5) is 0 Å². The fourth-order valence-electron chi connectivity index (χ4n) is 1.46. The molecule has 0 spiro atoms. The fourth-order valence-corrected chi connectivity index (χ4v) is 3.07. The van der Waals surface area contributed by atoms with Crippen LogP contribution in [-0.4, -0.2) is 25.4 Å². The van der Waals surface area contributed by atoms with E-state index in [9.17, 15) is 8.42 Å². The number of thiocarbonyl (C=S) groups is 1. The van der Waals surface area contributed by atoms with E-state index in [4.69, 9.17) is 28.6 Å². The topological polar surface area (TPSA) is 55.4 Å². The summed E-state index contributed by atoms with van der Waals surface area (Å²) in [6.07, 6.45) is 1.55. The predicted octanol–water partition coefficient (Wildman–Crippen LogP) is 1.90. The second-order valence-electron chi connectivity index (χ2n) is 3.75. The molecule has 0 radical (unpaired) electrons. The minimum atomic E-state index is -3.10. The van der Waals surface area contributed by atoms with Crippen LogP contribution in [0.25, 0.3) is 0 Å². The van der Waals surface area contributed by atoms with Crippen molar-refractivity contribution in [2.24, 2.45) is 0 Å². The lowest BCUT2D eigenvalue weighted by Crippen LogP contribution is -2.37. The highest BCUT2D eigenvalue weighted by Gasteiger charge is 2.22. The summed E-state index contributed by atoms with van der Waals surface area (Å²) in [5.74, 6) is 0.540. The average Bonchev–Trinajstić information content (AvgIpc) is 2.61. The van der Waals surface area contributed by atoms with E-state index in [0.717, 1.165) is 0 Å². The summed E-state index contributed by atoms with van der Waals surface area (Å²) in [4.78, 5) is 0. The number of hydrogen-bond acceptors (Lipinski definition) is 4. The molecule has 0 bridgehead atoms. The van der Waals surface area contributed by atoms with E-state index in [-0.39, 0.29) is 17.0 Å². The molecule has 2 rings (SSSR count). The highest BCUT2D eigenvalue weighted by Crippen LogP contribution is 2.16. The molecule has 1 N–H and O–H groups in total. The first kappa shape index (κ1) is 13.3. The fraction of sp³-hybridized carbons (Fsp3) is 0.182. The molecule has 0 fully saturated rings. The molecular weight excluding hydrogens is 294 g/mol. The van der Waals surface area contributed by atoms with Crippen molar-refractivity contribution in [3.05, 3.63) is 40.8 Å². The molecule has 0 saturated heterocycles. The molecule has 1 atom stereocenters. The Bertz CT molecular complexity index is 581. The smallest absolute Gasteiger partial charge is 0.262 e. The Labute approximate surface area is 116 Å². The van der Waals surface area contributed by atoms with Crippen molar-refractivity contribution in [3.63, 3.8) is 0 Å². The molecule has 1 unspecified atom stereocenters. The van der Waals surface area contributed by atoms with Crippen LogP contribution in [0.5, 0.6) is 5.75 Å². The van der Waals surface area contributed by atoms with Crippen LogP contribution in [0.15, 0.2) is 35.7 Å². The van der Waals surface area contributed by atoms with Crippen molar-refractivity contribution in [2.75, 3.05) is 5.75 Å². The van der Waals surface area contributed by atoms with E-state index < -0.39 is 9.84 Å². The summed E-state index contributed by atoms with van der Waals surface area (Å²) in [5.41, 5.74) is 0. The van der Waals surface area contributed by atoms with Gasteiger partial charge in [-0.2, -0.15) is 0 Å². The minimum absolute atomic E-state index is 0.00286. The second-order valence-corrected chi connectivity index (χ2v) is 6.49. The van der Waals surface area contributed by atoms with Crippen LogP contribution in [-0.2, 0) is 9.84 Å². The van der Waals surface area contributed by atoms with Gasteiger partial charge in [0.1, 0.15) is 5.75 Å². The Morgan fingerprint density at radius 3 is 2.61 bits per heavy atom. The van der Waals surface area contributed by atoms with Crippen LogP contribution in [0.3, 0.4) is 0 Å². The minimum Gasteiger partial charge on any atom is -0.432 e. The van der Waals surface area contributed by atoms with E-state index >= 15 is 0 Å². The van der Waals surface area contributed by atoms with Gasteiger partial charge in [0.2, 0.25) is 0 Å². The molecule has 0 amide bonds. The summed E-state index contributed by atoms with van der Waals surface area (Å²) in [7, 11) is -3.10. The molecule has 96 valence electrons. The number of nitrogens with one attached hydrogen (secondary N) is 1. The van der Waals surface area contributed by atoms with Crippen LogP contribution in [0.1, 0.15) is 0 Å². The van der Waals surface area contributed by atoms with Gasteiger partial charge >= 0.3 is 0 Å². The van der Waals surface area contributed by atoms with Gasteiger partial charge in [-0.1, -0.05) is 11.6 Å². The van der Waals surface area contributed by atoms with Gasteiger partial charge in [-0.15, -0.1) is 0 Å². The van der Waals surface area contributed by atoms with Crippen LogP contribution < -0.4 is 10.1 Å². The summed E-state index contributed by atoms with van der Waals surface area (Å²) < 4.78 is 27.7. The molecule has 1 heterocycles. The van der Waals surface area contributed by atoms with E-state index in [1.807, 2.05) is 0 Å². The van der Waals surface area contributed by atoms with Crippen LogP contribution >= 0.6 is 23.8 Å². The highest BCUT2D eigenvalue weighted by atomic mass is 35.5. The molecule has 1 aliphatic heterocycles. The lowest BCUT2D eigenvalue weighted by molar-refractivity contribution is 0.524. The molecule has 1 aliphatic rings. The summed E-state index contributed by atoms with van der Waals surface area (Å²) in [6, 6.07) is 6.38. The second kappa shape index (κ2) is 5.26. The average molecular weight is 304 g/mol. The molecule has 0 aromatic heterocycles. The normalized spacial score (nSPS) is 20.6. The van der Waals surface area contributed by atoms with Crippen molar-refractivity contribution < 1.29 is 13.2 Å². The number of benzene rings is 1. The lowest BCUT2D eigenvalue weighted by Gasteiger charge is -2.12. The number of ether oxygens (including phenoxy) is 1. The lowest BCUT2D eigenvalue weighted by atomic mass is 10.3. The number of hydrogen-bond donors (Lipinski definition) is 1. The SMILES string of the molecule is O=S1(=O)C=CC(NC(=S)Oc2ccc(Cl)cc2)C1. The molecular formula is C11H10ClNO3S2. The molecule has 7 heteroatoms. The first-order valence-electron chi connectivity index (χ1n) is 5.09. The van der Waals surface area contributed by atoms with Gasteiger partial charge < -0.3 is 10.1 Å². The maximum absolute atomic E-state index is 11.2. The summed E-state index contributed by atoms with van der Waals surface area (Å²) >= 11 is 10.7. The van der Waals surface area contributed by atoms with Gasteiger partial charge in [-0.3, -0.25) is 0 Å². The van der Waals surface area contributed by atoms with E-state index in [2.05, 4.69) is 5.32 Å². The van der Waals surface area contributed by atoms with E-state index in [1.54, 1.807) is 30.3 Å². The predicted molar refractivity (Wildman–Crippen MR) is 74.5 cm³/mol. The first-order valence-corrected chi connectivity index (χ1v) is 7.60. The van der Waals surface area contributed by atoms with Crippen molar-refractivity contribution in [1.82, 2.24) is 5.32 Å². The van der Waals surface area contributed by atoms with E-state index in [1.165, 1.54) is 5.41 Å². The van der Waals surface area contributed by atoms with Crippen LogP contribution in [0, 0.1) is 0 Å². The van der Waals surface area contributed by atoms with Gasteiger partial charge in [-0.05, 0) is 42.6 Å². The van der Waals surface area contributed by atoms with E-state index in [0.29, 0.717) is 10.8 Å². The number of rotatable bonds is 2. The van der Waals surface area contributed by atoms with Gasteiger partial charge in [0.25, 0.3) is 5.17 Å². The zero-order chi connectivity index (χ0) is 13.2. The summed E-state index contributed by atoms with van der Waals surface area (Å²) in [6.45, 7) is 0. The molecule has 1 aromatic rings. The van der Waals surface area contributed by atoms with Gasteiger partial charge in [0, 0.05) is 10.4 Å². The third kappa shape index (κ3) is 3.69. The van der Waals surface area contributed by atoms with Crippen molar-refractivity contribution in [3.8, 4) is 5.75 Å². The highest BCUT2D eigenvalue weighted by molar-refractivity contribution is 7.94. The maximum atomic E-state index is 11.2. The Kier molecular flexibility index (Phi) is 3.89. The van der Waals surface area contributed by atoms with Crippen molar-refractivity contribution in [2.45, 2.75) is 6.04 Å². The number of sulfone groups is 1. The number of halogens is 1. The van der Waals surface area contributed by atoms with Crippen LogP contribution in [0.2, 0.25) is 5.02 Å². The monoisotopic (exact) mass is 303 g/mol. The first-order chi connectivity index (χ1) is 8.44. The molecule has 18 heavy (non-hydrogen) atoms. The Hall–Kier alpha value is -1.11. The standard InChI is InChI=1S/C11H10ClNO3S2/c12-8-1-3-10(4-2-8)16-11(17)13-9-5-6-18(14,15)7-9/h1-6,9H,7H2,(H,13,17). The summed E-state index contributed by atoms with van der Waals surface area (Å²) in [5, 5.41) is 4.72. The Morgan fingerprint density at radius 2 is 2.06 bits per heavy atom. The zero-order valence-electron chi connectivity index (χ0n) is 9.17. The van der Waals surface area contributed by atoms with Crippen molar-refractivity contribution in [1.29, 1.82) is 0 Å². The van der Waals surface area contributed by atoms with Gasteiger partial charge in [0.15, 0.2) is 9.84 Å². The van der Waals surface area contributed by atoms with Crippen molar-refractivity contribution >= 4 is 38.8 Å². The van der Waals surface area contributed by atoms with Gasteiger partial charge in [-0.25, -0.2) is 8.42 Å². The quantitative estimate of drug-likeness (QED) is 0.846. The molecule has 4 nitrogen and oxygen atoms in total. The van der Waals surface area contributed by atoms with Gasteiger partial charge in [0.05, 0.1) is 11.8 Å². The third-order valence-electron chi connectivity index (χ3n) is 2.26. The third-order valence-corrected chi connectivity index (χ3v) is 4.11. The maximum Gasteiger partial charge on any atom is 0.262 e.